The number of carbonyl (C=O) groups is 2. The fourth-order valence-electron chi connectivity index (χ4n) is 5.55. The predicted octanol–water partition coefficient (Wildman–Crippen LogP) is 4.99. The maximum atomic E-state index is 13.2. The van der Waals surface area contributed by atoms with Gasteiger partial charge in [0.05, 0.1) is 16.9 Å². The number of anilines is 1. The van der Waals surface area contributed by atoms with E-state index >= 15 is 0 Å². The Morgan fingerprint density at radius 2 is 1.78 bits per heavy atom. The Bertz CT molecular complexity index is 1700. The molecule has 1 fully saturated rings. The summed E-state index contributed by atoms with van der Waals surface area (Å²) in [4.78, 5) is 32.2. The molecule has 4 aromatic rings. The van der Waals surface area contributed by atoms with Crippen LogP contribution in [-0.4, -0.2) is 56.2 Å². The third-order valence-corrected chi connectivity index (χ3v) is 7.79. The van der Waals surface area contributed by atoms with Crippen molar-refractivity contribution in [3.8, 4) is 0 Å². The van der Waals surface area contributed by atoms with Gasteiger partial charge in [0.25, 0.3) is 0 Å². The molecule has 0 radical (unpaired) electrons. The monoisotopic (exact) mass is 553 g/mol. The minimum atomic E-state index is -1.11. The van der Waals surface area contributed by atoms with Crippen LogP contribution >= 0.6 is 0 Å². The summed E-state index contributed by atoms with van der Waals surface area (Å²) in [6.45, 7) is 7.53. The molecule has 5 rings (SSSR count). The maximum Gasteiger partial charge on any atom is 0.338 e. The molecule has 6 N–H and O–H groups in total. The van der Waals surface area contributed by atoms with Gasteiger partial charge in [-0.25, -0.2) is 9.78 Å². The van der Waals surface area contributed by atoms with E-state index in [1.807, 2.05) is 65.8 Å². The van der Waals surface area contributed by atoms with Crippen LogP contribution in [0.15, 0.2) is 48.5 Å². The summed E-state index contributed by atoms with van der Waals surface area (Å²) in [5, 5.41) is 30.6. The van der Waals surface area contributed by atoms with Crippen molar-refractivity contribution in [2.45, 2.75) is 46.1 Å². The average molecular weight is 554 g/mol. The summed E-state index contributed by atoms with van der Waals surface area (Å²) in [5.74, 6) is -0.181. The van der Waals surface area contributed by atoms with E-state index in [1.165, 1.54) is 6.07 Å². The number of benzene rings is 3. The van der Waals surface area contributed by atoms with Gasteiger partial charge in [-0.05, 0) is 60.4 Å². The van der Waals surface area contributed by atoms with Gasteiger partial charge in [0.2, 0.25) is 5.91 Å². The summed E-state index contributed by atoms with van der Waals surface area (Å²) in [5.41, 5.74) is 8.82. The molecule has 41 heavy (non-hydrogen) atoms. The zero-order chi connectivity index (χ0) is 29.4. The molecule has 3 aromatic carbocycles. The summed E-state index contributed by atoms with van der Waals surface area (Å²) >= 11 is 0. The molecule has 0 unspecified atom stereocenters. The second-order valence-electron chi connectivity index (χ2n) is 11.1. The number of carboxylic acid groups (broad SMARTS) is 1. The van der Waals surface area contributed by atoms with Crippen LogP contribution in [0.3, 0.4) is 0 Å². The first-order valence-corrected chi connectivity index (χ1v) is 13.8. The number of aromatic carboxylic acids is 1. The Kier molecular flexibility index (Phi) is 7.49. The lowest BCUT2D eigenvalue weighted by Crippen LogP contribution is -2.40. The minimum Gasteiger partial charge on any atom is -0.478 e. The van der Waals surface area contributed by atoms with Crippen LogP contribution in [0, 0.1) is 16.7 Å². The van der Waals surface area contributed by atoms with E-state index in [2.05, 4.69) is 5.32 Å². The fourth-order valence-corrected chi connectivity index (χ4v) is 5.55. The zero-order valence-electron chi connectivity index (χ0n) is 23.5. The van der Waals surface area contributed by atoms with Crippen molar-refractivity contribution in [3.63, 3.8) is 0 Å². The number of fused-ring (bicyclic) bond motifs is 2. The van der Waals surface area contributed by atoms with Crippen molar-refractivity contribution in [1.29, 1.82) is 10.8 Å². The highest BCUT2D eigenvalue weighted by Gasteiger charge is 2.26. The number of amides is 1. The molecular formula is C31H35N7O3. The number of nitrogen functional groups attached to an aromatic ring is 1. The third-order valence-electron chi connectivity index (χ3n) is 7.79. The van der Waals surface area contributed by atoms with Crippen molar-refractivity contribution in [2.24, 2.45) is 11.7 Å². The van der Waals surface area contributed by atoms with E-state index in [-0.39, 0.29) is 29.1 Å². The molecule has 1 aliphatic heterocycles. The van der Waals surface area contributed by atoms with Crippen molar-refractivity contribution in [1.82, 2.24) is 14.5 Å². The summed E-state index contributed by atoms with van der Waals surface area (Å²) in [6, 6.07) is 15.0. The lowest BCUT2D eigenvalue weighted by atomic mass is 9.95. The Morgan fingerprint density at radius 1 is 1.07 bits per heavy atom. The SMILES string of the molecule is CC(=N)N1CCC(C(=O)Nc2cc(C(=O)O)c3nc(C(C)C)n(Cc4ccc5ccc(C(=N)N)cc5c4)c3c2)CC1. The highest BCUT2D eigenvalue weighted by molar-refractivity contribution is 6.05. The summed E-state index contributed by atoms with van der Waals surface area (Å²) < 4.78 is 2.02. The van der Waals surface area contributed by atoms with E-state index in [4.69, 9.17) is 21.5 Å². The minimum absolute atomic E-state index is 0.00571. The first-order valence-electron chi connectivity index (χ1n) is 13.8. The van der Waals surface area contributed by atoms with Gasteiger partial charge in [-0.15, -0.1) is 0 Å². The standard InChI is InChI=1S/C31H35N7O3/c1-17(2)29-36-27-25(31(40)41)14-24(35-30(39)21-8-10-37(11-9-21)18(3)32)15-26(27)38(29)16-19-4-5-20-6-7-22(28(33)34)13-23(20)12-19/h4-7,12-15,17,21,32H,8-11,16H2,1-3H3,(H3,33,34)(H,35,39)(H,40,41). The number of nitrogens with two attached hydrogens (primary N) is 1. The molecule has 1 saturated heterocycles. The van der Waals surface area contributed by atoms with Crippen molar-refractivity contribution >= 4 is 51.0 Å². The zero-order valence-corrected chi connectivity index (χ0v) is 23.5. The molecule has 0 saturated carbocycles. The lowest BCUT2D eigenvalue weighted by Gasteiger charge is -2.32. The van der Waals surface area contributed by atoms with Gasteiger partial charge in [0.15, 0.2) is 0 Å². The lowest BCUT2D eigenvalue weighted by molar-refractivity contribution is -0.121. The van der Waals surface area contributed by atoms with Crippen LogP contribution in [0.1, 0.15) is 66.8 Å². The molecule has 1 amide bonds. The molecule has 10 heteroatoms. The number of carboxylic acids is 1. The molecule has 0 atom stereocenters. The van der Waals surface area contributed by atoms with E-state index in [0.717, 1.165) is 22.2 Å². The fraction of sp³-hybridized carbons (Fsp3) is 0.323. The van der Waals surface area contributed by atoms with Gasteiger partial charge in [-0.1, -0.05) is 38.1 Å². The van der Waals surface area contributed by atoms with Crippen molar-refractivity contribution in [3.05, 3.63) is 71.0 Å². The molecule has 10 nitrogen and oxygen atoms in total. The topological polar surface area (TPSA) is 161 Å². The summed E-state index contributed by atoms with van der Waals surface area (Å²) in [7, 11) is 0. The van der Waals surface area contributed by atoms with Gasteiger partial charge in [0.1, 0.15) is 17.2 Å². The Labute approximate surface area is 238 Å². The highest BCUT2D eigenvalue weighted by Crippen LogP contribution is 2.30. The first-order chi connectivity index (χ1) is 19.5. The third kappa shape index (κ3) is 5.63. The smallest absolute Gasteiger partial charge is 0.338 e. The van der Waals surface area contributed by atoms with Gasteiger partial charge in [-0.3, -0.25) is 15.6 Å². The number of piperidine rings is 1. The van der Waals surface area contributed by atoms with Crippen LogP contribution in [0.5, 0.6) is 0 Å². The van der Waals surface area contributed by atoms with E-state index in [1.54, 1.807) is 6.92 Å². The van der Waals surface area contributed by atoms with Crippen LogP contribution in [0.2, 0.25) is 0 Å². The largest absolute Gasteiger partial charge is 0.478 e. The maximum absolute atomic E-state index is 13.2. The van der Waals surface area contributed by atoms with E-state index in [9.17, 15) is 14.7 Å². The molecule has 212 valence electrons. The number of hydrogen-bond acceptors (Lipinski definition) is 5. The number of rotatable bonds is 7. The van der Waals surface area contributed by atoms with Crippen molar-refractivity contribution in [2.75, 3.05) is 18.4 Å². The molecule has 1 aliphatic rings. The molecular weight excluding hydrogens is 518 g/mol. The van der Waals surface area contributed by atoms with Crippen molar-refractivity contribution < 1.29 is 14.7 Å². The quantitative estimate of drug-likeness (QED) is 0.160. The number of nitrogens with zero attached hydrogens (tertiary/aromatic N) is 3. The van der Waals surface area contributed by atoms with E-state index < -0.39 is 5.97 Å². The Hall–Kier alpha value is -4.73. The van der Waals surface area contributed by atoms with Crippen LogP contribution < -0.4 is 11.1 Å². The number of imidazole rings is 1. The molecule has 0 spiro atoms. The predicted molar refractivity (Wildman–Crippen MR) is 161 cm³/mol. The number of nitrogens with one attached hydrogen (secondary N) is 3. The van der Waals surface area contributed by atoms with Gasteiger partial charge in [0, 0.05) is 42.7 Å². The van der Waals surface area contributed by atoms with E-state index in [0.29, 0.717) is 60.6 Å². The number of likely N-dealkylation sites (tertiary alicyclic amines) is 1. The first kappa shape index (κ1) is 27.8. The average Bonchev–Trinajstić information content (AvgIpc) is 3.30. The molecule has 2 heterocycles. The number of amidine groups is 2. The Balaban J connectivity index is 1.52. The van der Waals surface area contributed by atoms with Crippen LogP contribution in [0.4, 0.5) is 5.69 Å². The van der Waals surface area contributed by atoms with Crippen LogP contribution in [-0.2, 0) is 11.3 Å². The second-order valence-corrected chi connectivity index (χ2v) is 11.1. The number of aromatic nitrogens is 2. The molecule has 1 aromatic heterocycles. The summed E-state index contributed by atoms with van der Waals surface area (Å²) in [6.07, 6.45) is 1.28. The second kappa shape index (κ2) is 11.0. The molecule has 0 bridgehead atoms. The van der Waals surface area contributed by atoms with Gasteiger partial charge < -0.3 is 25.6 Å². The molecule has 0 aliphatic carbocycles. The highest BCUT2D eigenvalue weighted by atomic mass is 16.4. The van der Waals surface area contributed by atoms with Gasteiger partial charge in [-0.2, -0.15) is 0 Å². The number of carbonyl (C=O) groups excluding carboxylic acids is 1. The van der Waals surface area contributed by atoms with Crippen LogP contribution in [0.25, 0.3) is 21.8 Å². The Morgan fingerprint density at radius 3 is 2.41 bits per heavy atom. The van der Waals surface area contributed by atoms with Gasteiger partial charge >= 0.3 is 5.97 Å². The normalized spacial score (nSPS) is 14.1. The number of hydrogen-bond donors (Lipinski definition) is 5.